The Morgan fingerprint density at radius 2 is 2.22 bits per heavy atom. The van der Waals surface area contributed by atoms with Crippen molar-refractivity contribution in [2.75, 3.05) is 0 Å². The third-order valence-corrected chi connectivity index (χ3v) is 5.15. The van der Waals surface area contributed by atoms with E-state index in [2.05, 4.69) is 10.3 Å². The number of benzene rings is 1. The number of hydrogen-bond donors (Lipinski definition) is 2. The van der Waals surface area contributed by atoms with Crippen LogP contribution in [0.5, 0.6) is 5.75 Å². The summed E-state index contributed by atoms with van der Waals surface area (Å²) in [6.45, 7) is 1.98. The minimum atomic E-state index is -0.713. The molecule has 1 unspecified atom stereocenters. The van der Waals surface area contributed by atoms with Gasteiger partial charge in [-0.1, -0.05) is 0 Å². The predicted molar refractivity (Wildman–Crippen MR) is 97.2 cm³/mol. The smallest absolute Gasteiger partial charge is 0.267 e. The number of halogens is 1. The van der Waals surface area contributed by atoms with E-state index in [1.807, 2.05) is 6.92 Å². The van der Waals surface area contributed by atoms with E-state index in [1.54, 1.807) is 24.0 Å². The van der Waals surface area contributed by atoms with Crippen molar-refractivity contribution in [1.29, 1.82) is 0 Å². The Bertz CT molecular complexity index is 1130. The van der Waals surface area contributed by atoms with Gasteiger partial charge in [-0.05, 0) is 37.5 Å². The summed E-state index contributed by atoms with van der Waals surface area (Å²) in [6, 6.07) is 2.39. The highest BCUT2D eigenvalue weighted by Crippen LogP contribution is 2.35. The minimum absolute atomic E-state index is 0.100. The maximum atomic E-state index is 14.0. The zero-order chi connectivity index (χ0) is 19.3. The summed E-state index contributed by atoms with van der Waals surface area (Å²) in [5.41, 5.74) is 0.216. The fraction of sp³-hybridized carbons (Fsp3) is 0.316. The van der Waals surface area contributed by atoms with Crippen LogP contribution in [-0.4, -0.2) is 25.1 Å². The lowest BCUT2D eigenvalue weighted by molar-refractivity contribution is 0.0945. The normalized spacial score (nSPS) is 15.9. The molecule has 7 nitrogen and oxygen atoms in total. The SMILES string of the molecule is CC1CCc2cc(F)cc3c(O)c(C(=O)NCc4nccn4C)c(=O)n1c23. The van der Waals surface area contributed by atoms with Crippen LogP contribution in [0.1, 0.15) is 41.1 Å². The van der Waals surface area contributed by atoms with Crippen LogP contribution in [0.25, 0.3) is 10.9 Å². The largest absolute Gasteiger partial charge is 0.506 e. The van der Waals surface area contributed by atoms with Gasteiger partial charge in [0, 0.05) is 30.9 Å². The van der Waals surface area contributed by atoms with Gasteiger partial charge >= 0.3 is 0 Å². The quantitative estimate of drug-likeness (QED) is 0.738. The summed E-state index contributed by atoms with van der Waals surface area (Å²) >= 11 is 0. The highest BCUT2D eigenvalue weighted by Gasteiger charge is 2.28. The summed E-state index contributed by atoms with van der Waals surface area (Å²) in [4.78, 5) is 29.8. The van der Waals surface area contributed by atoms with Gasteiger partial charge in [-0.2, -0.15) is 0 Å². The lowest BCUT2D eigenvalue weighted by Crippen LogP contribution is -2.36. The van der Waals surface area contributed by atoms with E-state index in [9.17, 15) is 19.1 Å². The van der Waals surface area contributed by atoms with E-state index in [0.29, 0.717) is 29.7 Å². The van der Waals surface area contributed by atoms with Crippen molar-refractivity contribution in [3.8, 4) is 5.75 Å². The Morgan fingerprint density at radius 1 is 1.44 bits per heavy atom. The van der Waals surface area contributed by atoms with Crippen LogP contribution < -0.4 is 10.9 Å². The minimum Gasteiger partial charge on any atom is -0.506 e. The van der Waals surface area contributed by atoms with E-state index in [-0.39, 0.29) is 23.5 Å². The van der Waals surface area contributed by atoms with Gasteiger partial charge in [0.25, 0.3) is 11.5 Å². The van der Waals surface area contributed by atoms with Crippen LogP contribution >= 0.6 is 0 Å². The van der Waals surface area contributed by atoms with Gasteiger partial charge in [0.05, 0.1) is 12.1 Å². The summed E-state index contributed by atoms with van der Waals surface area (Å²) in [7, 11) is 1.78. The number of aryl methyl sites for hydroxylation is 2. The summed E-state index contributed by atoms with van der Waals surface area (Å²) < 4.78 is 17.2. The van der Waals surface area contributed by atoms with Gasteiger partial charge in [-0.15, -0.1) is 0 Å². The first-order valence-electron chi connectivity index (χ1n) is 8.72. The van der Waals surface area contributed by atoms with Gasteiger partial charge in [0.2, 0.25) is 0 Å². The van der Waals surface area contributed by atoms with Crippen molar-refractivity contribution in [2.45, 2.75) is 32.4 Å². The van der Waals surface area contributed by atoms with E-state index < -0.39 is 23.0 Å². The third kappa shape index (κ3) is 2.68. The molecular weight excluding hydrogens is 351 g/mol. The molecule has 0 fully saturated rings. The summed E-state index contributed by atoms with van der Waals surface area (Å²) in [6.07, 6.45) is 4.60. The molecule has 1 aliphatic heterocycles. The number of nitrogens with zero attached hydrogens (tertiary/aromatic N) is 3. The van der Waals surface area contributed by atoms with Crippen molar-refractivity contribution in [3.05, 3.63) is 57.6 Å². The molecule has 1 amide bonds. The highest BCUT2D eigenvalue weighted by molar-refractivity contribution is 6.03. The van der Waals surface area contributed by atoms with E-state index in [1.165, 1.54) is 10.6 Å². The fourth-order valence-corrected chi connectivity index (χ4v) is 3.70. The molecule has 2 aromatic heterocycles. The molecule has 0 radical (unpaired) electrons. The first-order valence-corrected chi connectivity index (χ1v) is 8.72. The zero-order valence-electron chi connectivity index (χ0n) is 15.0. The summed E-state index contributed by atoms with van der Waals surface area (Å²) in [5.74, 6) is -1.10. The number of amides is 1. The summed E-state index contributed by atoms with van der Waals surface area (Å²) in [5, 5.41) is 13.4. The van der Waals surface area contributed by atoms with Crippen molar-refractivity contribution < 1.29 is 14.3 Å². The Balaban J connectivity index is 1.85. The lowest BCUT2D eigenvalue weighted by atomic mass is 9.95. The van der Waals surface area contributed by atoms with Crippen LogP contribution in [0.3, 0.4) is 0 Å². The maximum Gasteiger partial charge on any atom is 0.267 e. The van der Waals surface area contributed by atoms with Crippen molar-refractivity contribution in [2.24, 2.45) is 7.05 Å². The number of aromatic hydroxyl groups is 1. The third-order valence-electron chi connectivity index (χ3n) is 5.15. The molecule has 0 saturated heterocycles. The first kappa shape index (κ1) is 17.3. The molecule has 1 atom stereocenters. The molecule has 0 saturated carbocycles. The van der Waals surface area contributed by atoms with Crippen LogP contribution in [0.15, 0.2) is 29.3 Å². The number of imidazole rings is 1. The van der Waals surface area contributed by atoms with Crippen LogP contribution in [0, 0.1) is 5.82 Å². The zero-order valence-corrected chi connectivity index (χ0v) is 15.0. The molecule has 2 N–H and O–H groups in total. The van der Waals surface area contributed by atoms with Crippen molar-refractivity contribution in [1.82, 2.24) is 19.4 Å². The number of aromatic nitrogens is 3. The molecule has 1 aromatic carbocycles. The molecule has 4 rings (SSSR count). The van der Waals surface area contributed by atoms with Crippen LogP contribution in [0.2, 0.25) is 0 Å². The van der Waals surface area contributed by atoms with Crippen LogP contribution in [-0.2, 0) is 20.0 Å². The average Bonchev–Trinajstić information content (AvgIpc) is 3.03. The number of pyridine rings is 1. The molecule has 0 bridgehead atoms. The second-order valence-corrected chi connectivity index (χ2v) is 6.88. The number of hydrogen-bond acceptors (Lipinski definition) is 4. The second kappa shape index (κ2) is 6.22. The Labute approximate surface area is 154 Å². The fourth-order valence-electron chi connectivity index (χ4n) is 3.70. The molecule has 1 aliphatic rings. The topological polar surface area (TPSA) is 89.2 Å². The molecular formula is C19H19FN4O3. The predicted octanol–water partition coefficient (Wildman–Crippen LogP) is 2.02. The van der Waals surface area contributed by atoms with Crippen molar-refractivity contribution >= 4 is 16.8 Å². The monoisotopic (exact) mass is 370 g/mol. The number of nitrogens with one attached hydrogen (secondary N) is 1. The Morgan fingerprint density at radius 3 is 2.93 bits per heavy atom. The van der Waals surface area contributed by atoms with Gasteiger partial charge in [-0.3, -0.25) is 9.59 Å². The van der Waals surface area contributed by atoms with E-state index in [0.717, 1.165) is 6.07 Å². The molecule has 140 valence electrons. The molecule has 3 aromatic rings. The highest BCUT2D eigenvalue weighted by atomic mass is 19.1. The van der Waals surface area contributed by atoms with Gasteiger partial charge in [0.1, 0.15) is 23.0 Å². The second-order valence-electron chi connectivity index (χ2n) is 6.88. The van der Waals surface area contributed by atoms with E-state index in [4.69, 9.17) is 0 Å². The van der Waals surface area contributed by atoms with Crippen LogP contribution in [0.4, 0.5) is 4.39 Å². The Hall–Kier alpha value is -3.16. The van der Waals surface area contributed by atoms with Gasteiger partial charge in [0.15, 0.2) is 0 Å². The Kier molecular flexibility index (Phi) is 3.98. The average molecular weight is 370 g/mol. The number of carbonyl (C=O) groups is 1. The van der Waals surface area contributed by atoms with E-state index >= 15 is 0 Å². The standard InChI is InChI=1S/C19H19FN4O3/c1-10-3-4-11-7-12(20)8-13-16(11)24(10)19(27)15(17(13)25)18(26)22-9-14-21-5-6-23(14)2/h5-8,10,25H,3-4,9H2,1-2H3,(H,22,26). The maximum absolute atomic E-state index is 14.0. The molecule has 0 spiro atoms. The van der Waals surface area contributed by atoms with Crippen molar-refractivity contribution in [3.63, 3.8) is 0 Å². The first-order chi connectivity index (χ1) is 12.9. The molecule has 8 heteroatoms. The lowest BCUT2D eigenvalue weighted by Gasteiger charge is -2.26. The number of carbonyl (C=O) groups excluding carboxylic acids is 1. The van der Waals surface area contributed by atoms with Gasteiger partial charge < -0.3 is 19.6 Å². The van der Waals surface area contributed by atoms with Gasteiger partial charge in [-0.25, -0.2) is 9.37 Å². The molecule has 0 aliphatic carbocycles. The number of rotatable bonds is 3. The molecule has 27 heavy (non-hydrogen) atoms. The molecule has 3 heterocycles.